The lowest BCUT2D eigenvalue weighted by Gasteiger charge is -2.22. The van der Waals surface area contributed by atoms with Crippen molar-refractivity contribution in [2.45, 2.75) is 12.0 Å². The fourth-order valence-corrected chi connectivity index (χ4v) is 1.65. The molecular formula is C12H14F2O6. The van der Waals surface area contributed by atoms with Crippen LogP contribution in [-0.2, 0) is 4.79 Å². The lowest BCUT2D eigenvalue weighted by atomic mass is 10.0. The van der Waals surface area contributed by atoms with Crippen molar-refractivity contribution >= 4 is 5.97 Å². The SMILES string of the molecule is COc1ccc(C(O)C(F)(F)C(=O)O)c(OC)c1OC. The van der Waals surface area contributed by atoms with Gasteiger partial charge in [0.2, 0.25) is 5.75 Å². The van der Waals surface area contributed by atoms with Gasteiger partial charge in [0.15, 0.2) is 17.6 Å². The molecule has 8 heteroatoms. The zero-order chi connectivity index (χ0) is 15.5. The first-order valence-electron chi connectivity index (χ1n) is 5.39. The van der Waals surface area contributed by atoms with Gasteiger partial charge in [0.25, 0.3) is 0 Å². The van der Waals surface area contributed by atoms with Crippen molar-refractivity contribution in [1.82, 2.24) is 0 Å². The van der Waals surface area contributed by atoms with Crippen molar-refractivity contribution in [2.75, 3.05) is 21.3 Å². The van der Waals surface area contributed by atoms with Gasteiger partial charge < -0.3 is 24.4 Å². The number of hydrogen-bond acceptors (Lipinski definition) is 5. The Bertz CT molecular complexity index is 503. The molecule has 20 heavy (non-hydrogen) atoms. The Morgan fingerprint density at radius 1 is 1.15 bits per heavy atom. The van der Waals surface area contributed by atoms with Crippen molar-refractivity contribution in [1.29, 1.82) is 0 Å². The molecule has 1 aromatic carbocycles. The molecule has 0 bridgehead atoms. The van der Waals surface area contributed by atoms with Crippen LogP contribution in [-0.4, -0.2) is 43.4 Å². The van der Waals surface area contributed by atoms with Crippen LogP contribution in [0.15, 0.2) is 12.1 Å². The van der Waals surface area contributed by atoms with E-state index < -0.39 is 23.6 Å². The highest BCUT2D eigenvalue weighted by molar-refractivity contribution is 5.77. The number of aliphatic carboxylic acids is 1. The van der Waals surface area contributed by atoms with E-state index >= 15 is 0 Å². The third-order valence-electron chi connectivity index (χ3n) is 2.66. The van der Waals surface area contributed by atoms with Gasteiger partial charge in [-0.2, -0.15) is 8.78 Å². The molecule has 0 heterocycles. The Balaban J connectivity index is 3.42. The highest BCUT2D eigenvalue weighted by Crippen LogP contribution is 2.45. The number of benzene rings is 1. The van der Waals surface area contributed by atoms with E-state index in [1.54, 1.807) is 0 Å². The number of aliphatic hydroxyl groups is 1. The zero-order valence-electron chi connectivity index (χ0n) is 11.0. The summed E-state index contributed by atoms with van der Waals surface area (Å²) in [5, 5.41) is 18.1. The summed E-state index contributed by atoms with van der Waals surface area (Å²) >= 11 is 0. The van der Waals surface area contributed by atoms with Gasteiger partial charge in [-0.3, -0.25) is 0 Å². The molecule has 1 aromatic rings. The molecule has 1 unspecified atom stereocenters. The Morgan fingerprint density at radius 2 is 1.70 bits per heavy atom. The van der Waals surface area contributed by atoms with Crippen LogP contribution in [0.3, 0.4) is 0 Å². The number of rotatable bonds is 6. The summed E-state index contributed by atoms with van der Waals surface area (Å²) in [6, 6.07) is 2.35. The number of ether oxygens (including phenoxy) is 3. The second-order valence-corrected chi connectivity index (χ2v) is 3.75. The number of aliphatic hydroxyl groups excluding tert-OH is 1. The van der Waals surface area contributed by atoms with Crippen LogP contribution in [0.25, 0.3) is 0 Å². The molecule has 1 rings (SSSR count). The zero-order valence-corrected chi connectivity index (χ0v) is 11.0. The highest BCUT2D eigenvalue weighted by Gasteiger charge is 2.49. The molecule has 0 radical (unpaired) electrons. The summed E-state index contributed by atoms with van der Waals surface area (Å²) in [5.74, 6) is -6.86. The molecular weight excluding hydrogens is 278 g/mol. The fraction of sp³-hybridized carbons (Fsp3) is 0.417. The van der Waals surface area contributed by atoms with Crippen LogP contribution < -0.4 is 14.2 Å². The highest BCUT2D eigenvalue weighted by atomic mass is 19.3. The standard InChI is InChI=1S/C12H14F2O6/c1-18-7-5-4-6(8(19-2)9(7)20-3)10(15)12(13,14)11(16)17/h4-5,10,15H,1-3H3,(H,16,17). The molecule has 0 aliphatic heterocycles. The van der Waals surface area contributed by atoms with Gasteiger partial charge in [0, 0.05) is 5.56 Å². The molecule has 0 fully saturated rings. The van der Waals surface area contributed by atoms with Gasteiger partial charge in [0.05, 0.1) is 21.3 Å². The lowest BCUT2D eigenvalue weighted by molar-refractivity contribution is -0.183. The van der Waals surface area contributed by atoms with Gasteiger partial charge in [-0.1, -0.05) is 0 Å². The van der Waals surface area contributed by atoms with Crippen LogP contribution in [0.4, 0.5) is 8.78 Å². The maximum atomic E-state index is 13.4. The summed E-state index contributed by atoms with van der Waals surface area (Å²) in [7, 11) is 3.76. The summed E-state index contributed by atoms with van der Waals surface area (Å²) < 4.78 is 41.6. The maximum absolute atomic E-state index is 13.4. The van der Waals surface area contributed by atoms with Crippen LogP contribution >= 0.6 is 0 Å². The molecule has 2 N–H and O–H groups in total. The fourth-order valence-electron chi connectivity index (χ4n) is 1.65. The first-order valence-corrected chi connectivity index (χ1v) is 5.39. The van der Waals surface area contributed by atoms with E-state index in [0.29, 0.717) is 0 Å². The minimum Gasteiger partial charge on any atom is -0.493 e. The third-order valence-corrected chi connectivity index (χ3v) is 2.66. The molecule has 1 atom stereocenters. The molecule has 6 nitrogen and oxygen atoms in total. The molecule has 0 aliphatic carbocycles. The van der Waals surface area contributed by atoms with Crippen LogP contribution in [0.1, 0.15) is 11.7 Å². The lowest BCUT2D eigenvalue weighted by Crippen LogP contribution is -2.35. The molecule has 0 aliphatic rings. The molecule has 0 saturated carbocycles. The van der Waals surface area contributed by atoms with Gasteiger partial charge in [-0.25, -0.2) is 4.79 Å². The monoisotopic (exact) mass is 292 g/mol. The first-order chi connectivity index (χ1) is 9.31. The van der Waals surface area contributed by atoms with E-state index in [9.17, 15) is 18.7 Å². The van der Waals surface area contributed by atoms with Crippen molar-refractivity contribution < 1.29 is 38.0 Å². The average molecular weight is 292 g/mol. The maximum Gasteiger partial charge on any atom is 0.377 e. The Kier molecular flexibility index (Phi) is 4.72. The first kappa shape index (κ1) is 16.0. The van der Waals surface area contributed by atoms with Gasteiger partial charge in [-0.05, 0) is 12.1 Å². The van der Waals surface area contributed by atoms with Gasteiger partial charge in [0.1, 0.15) is 0 Å². The number of methoxy groups -OCH3 is 3. The smallest absolute Gasteiger partial charge is 0.377 e. The predicted molar refractivity (Wildman–Crippen MR) is 63.6 cm³/mol. The second kappa shape index (κ2) is 5.91. The summed E-state index contributed by atoms with van der Waals surface area (Å²) in [6.45, 7) is 0. The van der Waals surface area contributed by atoms with Crippen molar-refractivity contribution in [3.05, 3.63) is 17.7 Å². The number of alkyl halides is 2. The number of carboxylic acids is 1. The van der Waals surface area contributed by atoms with Crippen molar-refractivity contribution in [2.24, 2.45) is 0 Å². The van der Waals surface area contributed by atoms with E-state index in [1.165, 1.54) is 27.4 Å². The summed E-state index contributed by atoms with van der Waals surface area (Å²) in [5.41, 5.74) is -0.419. The molecule has 112 valence electrons. The normalized spacial score (nSPS) is 12.7. The van der Waals surface area contributed by atoms with Gasteiger partial charge >= 0.3 is 11.9 Å². The Hall–Kier alpha value is -2.09. The molecule has 0 saturated heterocycles. The third kappa shape index (κ3) is 2.60. The molecule has 0 aromatic heterocycles. The Labute approximate surface area is 113 Å². The van der Waals surface area contributed by atoms with Crippen molar-refractivity contribution in [3.63, 3.8) is 0 Å². The van der Waals surface area contributed by atoms with Crippen LogP contribution in [0, 0.1) is 0 Å². The van der Waals surface area contributed by atoms with Crippen LogP contribution in [0.5, 0.6) is 17.2 Å². The Morgan fingerprint density at radius 3 is 2.10 bits per heavy atom. The van der Waals surface area contributed by atoms with Crippen LogP contribution in [0.2, 0.25) is 0 Å². The molecule has 0 amide bonds. The quantitative estimate of drug-likeness (QED) is 0.825. The van der Waals surface area contributed by atoms with Gasteiger partial charge in [-0.15, -0.1) is 0 Å². The van der Waals surface area contributed by atoms with E-state index in [0.717, 1.165) is 6.07 Å². The predicted octanol–water partition coefficient (Wildman–Crippen LogP) is 1.47. The summed E-state index contributed by atoms with van der Waals surface area (Å²) in [6.07, 6.45) is -2.59. The summed E-state index contributed by atoms with van der Waals surface area (Å²) in [4.78, 5) is 10.5. The van der Waals surface area contributed by atoms with E-state index in [4.69, 9.17) is 19.3 Å². The second-order valence-electron chi connectivity index (χ2n) is 3.75. The van der Waals surface area contributed by atoms with Crippen molar-refractivity contribution in [3.8, 4) is 17.2 Å². The number of carbonyl (C=O) groups is 1. The number of halogens is 2. The minimum absolute atomic E-state index is 0.0206. The van der Waals surface area contributed by atoms with E-state index in [2.05, 4.69) is 0 Å². The topological polar surface area (TPSA) is 85.2 Å². The van der Waals surface area contributed by atoms with E-state index in [1.807, 2.05) is 0 Å². The average Bonchev–Trinajstić information content (AvgIpc) is 2.44. The van der Waals surface area contributed by atoms with E-state index in [-0.39, 0.29) is 17.2 Å². The molecule has 0 spiro atoms. The minimum atomic E-state index is -4.37. The largest absolute Gasteiger partial charge is 0.493 e. The number of carboxylic acid groups (broad SMARTS) is 1. The number of hydrogen-bond donors (Lipinski definition) is 2.